The van der Waals surface area contributed by atoms with E-state index in [1.165, 1.54) is 18.4 Å². The lowest BCUT2D eigenvalue weighted by atomic mass is 10.1. The second-order valence-corrected chi connectivity index (χ2v) is 4.48. The summed E-state index contributed by atoms with van der Waals surface area (Å²) in [7, 11) is 1.31. The first-order valence-corrected chi connectivity index (χ1v) is 5.91. The van der Waals surface area contributed by atoms with Gasteiger partial charge >= 0.3 is 5.97 Å². The zero-order chi connectivity index (χ0) is 12.4. The predicted molar refractivity (Wildman–Crippen MR) is 68.0 cm³/mol. The smallest absolute Gasteiger partial charge is 0.359 e. The molecule has 0 aliphatic heterocycles. The van der Waals surface area contributed by atoms with E-state index < -0.39 is 5.97 Å². The fourth-order valence-corrected chi connectivity index (χ4v) is 2.81. The maximum absolute atomic E-state index is 11.1. The van der Waals surface area contributed by atoms with E-state index in [-0.39, 0.29) is 5.71 Å². The Morgan fingerprint density at radius 1 is 1.47 bits per heavy atom. The average molecular weight is 270 g/mol. The van der Waals surface area contributed by atoms with E-state index in [0.29, 0.717) is 9.90 Å². The molecule has 1 aromatic carbocycles. The van der Waals surface area contributed by atoms with Gasteiger partial charge in [0.1, 0.15) is 7.11 Å². The first kappa shape index (κ1) is 11.9. The summed E-state index contributed by atoms with van der Waals surface area (Å²) in [4.78, 5) is 16.2. The van der Waals surface area contributed by atoms with Crippen molar-refractivity contribution in [3.8, 4) is 0 Å². The van der Waals surface area contributed by atoms with Gasteiger partial charge in [-0.3, -0.25) is 0 Å². The number of carbonyl (C=O) groups is 1. The molecule has 0 bridgehead atoms. The Morgan fingerprint density at radius 3 is 2.88 bits per heavy atom. The van der Waals surface area contributed by atoms with Crippen molar-refractivity contribution in [3.05, 3.63) is 33.5 Å². The number of carboxylic acid groups (broad SMARTS) is 1. The van der Waals surface area contributed by atoms with Gasteiger partial charge in [-0.2, -0.15) is 0 Å². The van der Waals surface area contributed by atoms with Gasteiger partial charge in [0.25, 0.3) is 0 Å². The molecule has 0 aliphatic rings. The van der Waals surface area contributed by atoms with E-state index in [2.05, 4.69) is 9.99 Å². The molecule has 0 saturated heterocycles. The maximum Gasteiger partial charge on any atom is 0.359 e. The lowest BCUT2D eigenvalue weighted by Gasteiger charge is -1.99. The van der Waals surface area contributed by atoms with Gasteiger partial charge in [0.05, 0.1) is 4.88 Å². The molecule has 17 heavy (non-hydrogen) atoms. The van der Waals surface area contributed by atoms with Crippen LogP contribution in [0.25, 0.3) is 10.8 Å². The Morgan fingerprint density at radius 2 is 2.24 bits per heavy atom. The van der Waals surface area contributed by atoms with Crippen molar-refractivity contribution in [3.63, 3.8) is 0 Å². The van der Waals surface area contributed by atoms with E-state index in [9.17, 15) is 4.79 Å². The summed E-state index contributed by atoms with van der Waals surface area (Å²) in [5.74, 6) is -1.13. The second-order valence-electron chi connectivity index (χ2n) is 3.19. The second kappa shape index (κ2) is 4.73. The molecule has 0 radical (unpaired) electrons. The number of oxime groups is 1. The van der Waals surface area contributed by atoms with Gasteiger partial charge in [0, 0.05) is 21.2 Å². The molecule has 0 atom stereocenters. The molecule has 0 spiro atoms. The highest BCUT2D eigenvalue weighted by Gasteiger charge is 2.19. The van der Waals surface area contributed by atoms with Gasteiger partial charge in [0.15, 0.2) is 0 Å². The van der Waals surface area contributed by atoms with Gasteiger partial charge < -0.3 is 9.94 Å². The lowest BCUT2D eigenvalue weighted by molar-refractivity contribution is -0.129. The molecular formula is C11H8ClNO3S. The van der Waals surface area contributed by atoms with Crippen LogP contribution in [0.15, 0.2) is 28.7 Å². The fraction of sp³-hybridized carbons (Fsp3) is 0.0909. The minimum Gasteiger partial charge on any atom is -0.476 e. The van der Waals surface area contributed by atoms with Crippen LogP contribution in [0.3, 0.4) is 0 Å². The minimum atomic E-state index is -1.13. The monoisotopic (exact) mass is 269 g/mol. The molecule has 1 N–H and O–H groups in total. The summed E-state index contributed by atoms with van der Waals surface area (Å²) in [6, 6.07) is 5.34. The number of hydrogen-bond acceptors (Lipinski definition) is 4. The first-order chi connectivity index (χ1) is 8.15. The number of halogens is 1. The summed E-state index contributed by atoms with van der Waals surface area (Å²) in [5, 5.41) is 16.6. The van der Waals surface area contributed by atoms with Crippen molar-refractivity contribution >= 4 is 45.4 Å². The Kier molecular flexibility index (Phi) is 3.31. The summed E-state index contributed by atoms with van der Waals surface area (Å²) in [6.07, 6.45) is 0. The molecule has 0 amide bonds. The van der Waals surface area contributed by atoms with Gasteiger partial charge in [-0.25, -0.2) is 4.79 Å². The minimum absolute atomic E-state index is 0.116. The molecule has 1 heterocycles. The van der Waals surface area contributed by atoms with E-state index in [0.717, 1.165) is 10.8 Å². The highest BCUT2D eigenvalue weighted by atomic mass is 35.5. The topological polar surface area (TPSA) is 58.9 Å². The summed E-state index contributed by atoms with van der Waals surface area (Å²) < 4.78 is 0. The van der Waals surface area contributed by atoms with Crippen LogP contribution < -0.4 is 0 Å². The third-order valence-electron chi connectivity index (χ3n) is 2.19. The van der Waals surface area contributed by atoms with Crippen LogP contribution in [0, 0.1) is 0 Å². The highest BCUT2D eigenvalue weighted by Crippen LogP contribution is 2.31. The van der Waals surface area contributed by atoms with Crippen LogP contribution in [0.4, 0.5) is 0 Å². The summed E-state index contributed by atoms with van der Waals surface area (Å²) in [5.41, 5.74) is -0.116. The molecule has 0 fully saturated rings. The Hall–Kier alpha value is -1.59. The van der Waals surface area contributed by atoms with Crippen molar-refractivity contribution in [2.45, 2.75) is 0 Å². The number of carboxylic acids is 1. The number of nitrogens with zero attached hydrogens (tertiary/aromatic N) is 1. The molecule has 2 rings (SSSR count). The van der Waals surface area contributed by atoms with Crippen molar-refractivity contribution in [2.75, 3.05) is 7.11 Å². The summed E-state index contributed by atoms with van der Waals surface area (Å²) in [6.45, 7) is 0. The van der Waals surface area contributed by atoms with Crippen LogP contribution in [0.2, 0.25) is 5.02 Å². The van der Waals surface area contributed by atoms with Crippen LogP contribution >= 0.6 is 22.9 Å². The molecule has 1 aromatic heterocycles. The first-order valence-electron chi connectivity index (χ1n) is 4.65. The van der Waals surface area contributed by atoms with E-state index in [1.54, 1.807) is 23.6 Å². The largest absolute Gasteiger partial charge is 0.476 e. The third-order valence-corrected chi connectivity index (χ3v) is 3.52. The summed E-state index contributed by atoms with van der Waals surface area (Å²) >= 11 is 7.30. The van der Waals surface area contributed by atoms with E-state index >= 15 is 0 Å². The molecule has 0 aliphatic carbocycles. The van der Waals surface area contributed by atoms with Crippen LogP contribution in [-0.4, -0.2) is 23.9 Å². The van der Waals surface area contributed by atoms with Crippen molar-refractivity contribution in [2.24, 2.45) is 5.16 Å². The molecule has 0 saturated carbocycles. The number of thiophene rings is 1. The maximum atomic E-state index is 11.1. The lowest BCUT2D eigenvalue weighted by Crippen LogP contribution is -2.13. The zero-order valence-corrected chi connectivity index (χ0v) is 10.4. The number of rotatable bonds is 3. The van der Waals surface area contributed by atoms with Gasteiger partial charge in [-0.1, -0.05) is 28.9 Å². The predicted octanol–water partition coefficient (Wildman–Crippen LogP) is 2.99. The number of hydrogen-bond donors (Lipinski definition) is 1. The molecule has 6 heteroatoms. The third kappa shape index (κ3) is 2.11. The average Bonchev–Trinajstić information content (AvgIpc) is 2.70. The number of benzene rings is 1. The normalized spacial score (nSPS) is 11.8. The van der Waals surface area contributed by atoms with Crippen LogP contribution in [0.5, 0.6) is 0 Å². The Bertz CT molecular complexity index is 606. The fourth-order valence-electron chi connectivity index (χ4n) is 1.49. The van der Waals surface area contributed by atoms with Gasteiger partial charge in [-0.15, -0.1) is 11.3 Å². The molecule has 0 unspecified atom stereocenters. The zero-order valence-electron chi connectivity index (χ0n) is 8.81. The van der Waals surface area contributed by atoms with Crippen molar-refractivity contribution in [1.82, 2.24) is 0 Å². The standard InChI is InChI=1S/C11H8ClNO3S/c1-16-13-9(11(14)15)10-6-3-2-4-8(12)7(6)5-17-10/h2-5H,1H3,(H,14,15)/b13-9+. The van der Waals surface area contributed by atoms with E-state index in [4.69, 9.17) is 16.7 Å². The Labute approximate surface area is 106 Å². The SMILES string of the molecule is CO/N=C(/C(=O)O)c1scc2c(Cl)cccc12. The number of aliphatic carboxylic acids is 1. The van der Waals surface area contributed by atoms with Crippen molar-refractivity contribution in [1.29, 1.82) is 0 Å². The molecule has 88 valence electrons. The van der Waals surface area contributed by atoms with E-state index in [1.807, 2.05) is 0 Å². The molecule has 4 nitrogen and oxygen atoms in total. The van der Waals surface area contributed by atoms with Crippen LogP contribution in [-0.2, 0) is 9.63 Å². The quantitative estimate of drug-likeness (QED) is 0.688. The number of fused-ring (bicyclic) bond motifs is 1. The van der Waals surface area contributed by atoms with Gasteiger partial charge in [-0.05, 0) is 6.07 Å². The Balaban J connectivity index is 2.67. The van der Waals surface area contributed by atoms with Crippen LogP contribution in [0.1, 0.15) is 4.88 Å². The molecule has 2 aromatic rings. The highest BCUT2D eigenvalue weighted by molar-refractivity contribution is 7.15. The molecular weight excluding hydrogens is 262 g/mol. The van der Waals surface area contributed by atoms with Gasteiger partial charge in [0.2, 0.25) is 5.71 Å². The van der Waals surface area contributed by atoms with Crippen molar-refractivity contribution < 1.29 is 14.7 Å².